The predicted molar refractivity (Wildman–Crippen MR) is 140 cm³/mol. The number of sulfonamides is 1. The van der Waals surface area contributed by atoms with E-state index < -0.39 is 21.8 Å². The van der Waals surface area contributed by atoms with E-state index in [1.54, 1.807) is 6.07 Å². The van der Waals surface area contributed by atoms with Gasteiger partial charge in [0.25, 0.3) is 10.0 Å². The second-order valence-electron chi connectivity index (χ2n) is 9.78. The molecule has 1 saturated heterocycles. The van der Waals surface area contributed by atoms with E-state index >= 15 is 0 Å². The Bertz CT molecular complexity index is 1330. The molecular weight excluding hydrogens is 513 g/mol. The van der Waals surface area contributed by atoms with E-state index in [1.165, 1.54) is 20.3 Å². The first kappa shape index (κ1) is 27.8. The number of anilines is 1. The lowest BCUT2D eigenvalue weighted by Crippen LogP contribution is -2.43. The number of benzene rings is 2. The maximum absolute atomic E-state index is 14.2. The molecule has 2 aromatic rings. The SMILES string of the molecule is CCN1CCC[C@H]1C(=O)NCc1cc(F)ccc1S(=O)(=O)Nc1ccc(C2CC2C)c(OC)c1C(=O)OC. The van der Waals surface area contributed by atoms with Gasteiger partial charge in [0.2, 0.25) is 5.91 Å². The van der Waals surface area contributed by atoms with Crippen molar-refractivity contribution in [3.05, 3.63) is 52.8 Å². The highest BCUT2D eigenvalue weighted by Gasteiger charge is 2.38. The minimum absolute atomic E-state index is 0.0189. The van der Waals surface area contributed by atoms with E-state index in [0.717, 1.165) is 49.7 Å². The molecule has 1 heterocycles. The number of carbonyl (C=O) groups excluding carboxylic acids is 2. The Morgan fingerprint density at radius 1 is 1.18 bits per heavy atom. The molecule has 2 N–H and O–H groups in total. The summed E-state index contributed by atoms with van der Waals surface area (Å²) in [7, 11) is -1.68. The molecule has 0 aromatic heterocycles. The number of methoxy groups -OCH3 is 2. The van der Waals surface area contributed by atoms with Crippen molar-refractivity contribution >= 4 is 27.6 Å². The standard InChI is InChI=1S/C27H34FN3O6S/c1-5-31-12-6-7-22(31)26(32)29-15-17-14-18(28)8-11-23(17)38(34,35)30-21-10-9-19(20-13-16(20)2)25(36-3)24(21)27(33)37-4/h8-11,14,16,20,22,30H,5-7,12-13,15H2,1-4H3,(H,29,32)/t16?,20?,22-/m0/s1. The molecule has 1 saturated carbocycles. The number of nitrogens with one attached hydrogen (secondary N) is 2. The first-order chi connectivity index (χ1) is 18.1. The number of ether oxygens (including phenoxy) is 2. The summed E-state index contributed by atoms with van der Waals surface area (Å²) < 4.78 is 54.2. The summed E-state index contributed by atoms with van der Waals surface area (Å²) in [5, 5.41) is 2.76. The van der Waals surface area contributed by atoms with Crippen LogP contribution in [0.3, 0.4) is 0 Å². The number of halogens is 1. The van der Waals surface area contributed by atoms with Crippen LogP contribution in [0.2, 0.25) is 0 Å². The summed E-state index contributed by atoms with van der Waals surface area (Å²) in [6.45, 7) is 5.44. The minimum Gasteiger partial charge on any atom is -0.495 e. The third-order valence-electron chi connectivity index (χ3n) is 7.37. The fourth-order valence-electron chi connectivity index (χ4n) is 5.21. The van der Waals surface area contributed by atoms with Crippen molar-refractivity contribution < 1.29 is 31.9 Å². The minimum atomic E-state index is -4.30. The number of rotatable bonds is 10. The lowest BCUT2D eigenvalue weighted by Gasteiger charge is -2.22. The number of likely N-dealkylation sites (N-methyl/N-ethyl adjacent to an activating group) is 1. The molecule has 0 radical (unpaired) electrons. The zero-order chi connectivity index (χ0) is 27.6. The number of hydrogen-bond donors (Lipinski definition) is 2. The summed E-state index contributed by atoms with van der Waals surface area (Å²) >= 11 is 0. The lowest BCUT2D eigenvalue weighted by atomic mass is 10.0. The van der Waals surface area contributed by atoms with E-state index in [0.29, 0.717) is 12.3 Å². The fourth-order valence-corrected chi connectivity index (χ4v) is 6.50. The molecule has 2 fully saturated rings. The van der Waals surface area contributed by atoms with Crippen LogP contribution in [0, 0.1) is 11.7 Å². The van der Waals surface area contributed by atoms with Crippen LogP contribution >= 0.6 is 0 Å². The second kappa shape index (κ2) is 11.3. The molecule has 1 aliphatic carbocycles. The van der Waals surface area contributed by atoms with Gasteiger partial charge in [-0.15, -0.1) is 0 Å². The molecule has 1 amide bonds. The van der Waals surface area contributed by atoms with E-state index in [1.807, 2.05) is 11.8 Å². The van der Waals surface area contributed by atoms with E-state index in [4.69, 9.17) is 9.47 Å². The summed E-state index contributed by atoms with van der Waals surface area (Å²) in [5.41, 5.74) is 0.839. The number of amides is 1. The smallest absolute Gasteiger partial charge is 0.343 e. The third-order valence-corrected chi connectivity index (χ3v) is 8.84. The average Bonchev–Trinajstić information content (AvgIpc) is 3.42. The van der Waals surface area contributed by atoms with Gasteiger partial charge in [-0.05, 0) is 79.6 Å². The van der Waals surface area contributed by atoms with Crippen LogP contribution in [0.15, 0.2) is 35.2 Å². The zero-order valence-electron chi connectivity index (χ0n) is 22.0. The monoisotopic (exact) mass is 547 g/mol. The van der Waals surface area contributed by atoms with Gasteiger partial charge in [0, 0.05) is 6.54 Å². The molecule has 3 atom stereocenters. The molecule has 0 spiro atoms. The Kier molecular flexibility index (Phi) is 8.27. The van der Waals surface area contributed by atoms with Gasteiger partial charge in [-0.2, -0.15) is 0 Å². The highest BCUT2D eigenvalue weighted by atomic mass is 32.2. The number of likely N-dealkylation sites (tertiary alicyclic amines) is 1. The highest BCUT2D eigenvalue weighted by molar-refractivity contribution is 7.92. The molecule has 2 unspecified atom stereocenters. The van der Waals surface area contributed by atoms with Gasteiger partial charge in [-0.25, -0.2) is 17.6 Å². The van der Waals surface area contributed by atoms with Crippen molar-refractivity contribution in [2.45, 2.75) is 56.5 Å². The zero-order valence-corrected chi connectivity index (χ0v) is 22.9. The predicted octanol–water partition coefficient (Wildman–Crippen LogP) is 3.65. The van der Waals surface area contributed by atoms with Gasteiger partial charge in [-0.1, -0.05) is 19.9 Å². The van der Waals surface area contributed by atoms with Gasteiger partial charge in [-0.3, -0.25) is 14.4 Å². The van der Waals surface area contributed by atoms with Crippen molar-refractivity contribution in [2.24, 2.45) is 5.92 Å². The fraction of sp³-hybridized carbons (Fsp3) is 0.481. The van der Waals surface area contributed by atoms with Crippen LogP contribution < -0.4 is 14.8 Å². The highest BCUT2D eigenvalue weighted by Crippen LogP contribution is 2.51. The average molecular weight is 548 g/mol. The van der Waals surface area contributed by atoms with Crippen LogP contribution in [0.4, 0.5) is 10.1 Å². The normalized spacial score (nSPS) is 21.1. The molecule has 2 aliphatic rings. The summed E-state index contributed by atoms with van der Waals surface area (Å²) in [6.07, 6.45) is 2.55. The maximum Gasteiger partial charge on any atom is 0.343 e. The topological polar surface area (TPSA) is 114 Å². The second-order valence-corrected chi connectivity index (χ2v) is 11.4. The van der Waals surface area contributed by atoms with Crippen molar-refractivity contribution in [1.82, 2.24) is 10.2 Å². The largest absolute Gasteiger partial charge is 0.495 e. The number of carbonyl (C=O) groups is 2. The Hall–Kier alpha value is -3.18. The molecular formula is C27H34FN3O6S. The van der Waals surface area contributed by atoms with Crippen LogP contribution in [0.1, 0.15) is 60.5 Å². The van der Waals surface area contributed by atoms with Crippen molar-refractivity contribution in [3.63, 3.8) is 0 Å². The van der Waals surface area contributed by atoms with Crippen LogP contribution in [0.25, 0.3) is 0 Å². The van der Waals surface area contributed by atoms with Crippen LogP contribution in [-0.4, -0.2) is 58.5 Å². The first-order valence-corrected chi connectivity index (χ1v) is 14.2. The lowest BCUT2D eigenvalue weighted by molar-refractivity contribution is -0.125. The van der Waals surface area contributed by atoms with Gasteiger partial charge in [0.15, 0.2) is 0 Å². The van der Waals surface area contributed by atoms with Gasteiger partial charge in [0.05, 0.1) is 30.8 Å². The molecule has 38 heavy (non-hydrogen) atoms. The number of esters is 1. The third kappa shape index (κ3) is 5.63. The summed E-state index contributed by atoms with van der Waals surface area (Å²) in [5.74, 6) is -0.734. The molecule has 206 valence electrons. The van der Waals surface area contributed by atoms with Gasteiger partial charge in [0.1, 0.15) is 17.1 Å². The Morgan fingerprint density at radius 3 is 2.55 bits per heavy atom. The number of nitrogens with zero attached hydrogens (tertiary/aromatic N) is 1. The molecule has 9 nitrogen and oxygen atoms in total. The molecule has 4 rings (SSSR count). The molecule has 2 aromatic carbocycles. The summed E-state index contributed by atoms with van der Waals surface area (Å²) in [6, 6.07) is 6.22. The van der Waals surface area contributed by atoms with E-state index in [2.05, 4.69) is 17.0 Å². The Labute approximate surface area is 222 Å². The molecule has 1 aliphatic heterocycles. The summed E-state index contributed by atoms with van der Waals surface area (Å²) in [4.78, 5) is 27.4. The van der Waals surface area contributed by atoms with Crippen LogP contribution in [-0.2, 0) is 26.1 Å². The Balaban J connectivity index is 1.64. The van der Waals surface area contributed by atoms with E-state index in [-0.39, 0.29) is 51.9 Å². The van der Waals surface area contributed by atoms with Crippen molar-refractivity contribution in [2.75, 3.05) is 32.0 Å². The van der Waals surface area contributed by atoms with Gasteiger partial charge < -0.3 is 14.8 Å². The van der Waals surface area contributed by atoms with Crippen molar-refractivity contribution in [3.8, 4) is 5.75 Å². The first-order valence-electron chi connectivity index (χ1n) is 12.7. The van der Waals surface area contributed by atoms with Gasteiger partial charge >= 0.3 is 5.97 Å². The van der Waals surface area contributed by atoms with Crippen LogP contribution in [0.5, 0.6) is 5.75 Å². The van der Waals surface area contributed by atoms with Crippen molar-refractivity contribution in [1.29, 1.82) is 0 Å². The molecule has 0 bridgehead atoms. The van der Waals surface area contributed by atoms with E-state index in [9.17, 15) is 22.4 Å². The maximum atomic E-state index is 14.2. The molecule has 11 heteroatoms. The Morgan fingerprint density at radius 2 is 1.92 bits per heavy atom. The quantitative estimate of drug-likeness (QED) is 0.437. The number of hydrogen-bond acceptors (Lipinski definition) is 7.